The monoisotopic (exact) mass is 519 g/mol. The Balaban J connectivity index is 0.00000324. The van der Waals surface area contributed by atoms with E-state index in [0.717, 1.165) is 29.5 Å². The van der Waals surface area contributed by atoms with Crippen molar-refractivity contribution in [1.29, 1.82) is 0 Å². The molecule has 0 spiro atoms. The Labute approximate surface area is 197 Å². The Morgan fingerprint density at radius 3 is 2.58 bits per heavy atom. The van der Waals surface area contributed by atoms with Gasteiger partial charge in [-0.05, 0) is 42.5 Å². The molecule has 4 rings (SSSR count). The number of benzene rings is 2. The van der Waals surface area contributed by atoms with Crippen molar-refractivity contribution < 1.29 is 32.5 Å². The van der Waals surface area contributed by atoms with E-state index >= 15 is 0 Å². The number of nitrogens with zero attached hydrogens (tertiary/aromatic N) is 2. The van der Waals surface area contributed by atoms with E-state index in [2.05, 4.69) is 9.71 Å². The van der Waals surface area contributed by atoms with Crippen molar-refractivity contribution in [2.24, 2.45) is 0 Å². The first kappa shape index (κ1) is 23.3. The summed E-state index contributed by atoms with van der Waals surface area (Å²) in [6, 6.07) is 8.27. The third kappa shape index (κ3) is 5.07. The van der Waals surface area contributed by atoms with Gasteiger partial charge in [-0.2, -0.15) is 13.2 Å². The van der Waals surface area contributed by atoms with Crippen LogP contribution >= 0.6 is 22.9 Å². The first-order valence-corrected chi connectivity index (χ1v) is 12.2. The van der Waals surface area contributed by atoms with Crippen LogP contribution in [0.5, 0.6) is 5.75 Å². The number of ether oxygens (including phenoxy) is 1. The van der Waals surface area contributed by atoms with E-state index in [1.807, 2.05) is 0 Å². The van der Waals surface area contributed by atoms with Crippen molar-refractivity contribution >= 4 is 49.7 Å². The van der Waals surface area contributed by atoms with Gasteiger partial charge in [-0.25, -0.2) is 13.4 Å². The highest BCUT2D eigenvalue weighted by Crippen LogP contribution is 2.36. The van der Waals surface area contributed by atoms with Crippen molar-refractivity contribution in [3.8, 4) is 5.75 Å². The molecule has 1 aromatic heterocycles. The Morgan fingerprint density at radius 1 is 1.21 bits per heavy atom. The van der Waals surface area contributed by atoms with Crippen molar-refractivity contribution in [3.63, 3.8) is 0 Å². The highest BCUT2D eigenvalue weighted by atomic mass is 35.5. The molecule has 0 bridgehead atoms. The molecule has 1 fully saturated rings. The van der Waals surface area contributed by atoms with Crippen molar-refractivity contribution in [1.82, 2.24) is 4.98 Å². The number of nitrogens with one attached hydrogen (secondary N) is 1. The van der Waals surface area contributed by atoms with Gasteiger partial charge in [0.05, 0.1) is 15.5 Å². The van der Waals surface area contributed by atoms with Crippen molar-refractivity contribution in [2.75, 3.05) is 16.2 Å². The molecule has 0 saturated carbocycles. The molecule has 176 valence electrons. The van der Waals surface area contributed by atoms with Crippen LogP contribution < -0.4 is 14.4 Å². The van der Waals surface area contributed by atoms with Crippen LogP contribution in [0.1, 0.15) is 13.4 Å². The standard InChI is InChI=1S/C20H15ClF3N3O4S2.H2/c21-15-6-1-12(20(22,23)24)11-17(15)31-16-7-9-27(18(16)28)13-2-4-14(5-3-13)33(29,30)26-19-25-8-10-32-19;/h1-6,8,10-11,16H,7,9H2,(H,25,26);1H. The molecule has 3 aromatic rings. The molecule has 1 saturated heterocycles. The van der Waals surface area contributed by atoms with Gasteiger partial charge in [-0.3, -0.25) is 9.52 Å². The zero-order valence-electron chi connectivity index (χ0n) is 16.5. The Bertz CT molecular complexity index is 1270. The quantitative estimate of drug-likeness (QED) is 0.492. The number of aromatic nitrogens is 1. The number of rotatable bonds is 6. The molecule has 2 heterocycles. The van der Waals surface area contributed by atoms with Gasteiger partial charge in [0, 0.05) is 31.7 Å². The fraction of sp³-hybridized carbons (Fsp3) is 0.200. The number of alkyl halides is 3. The number of halogens is 4. The van der Waals surface area contributed by atoms with Gasteiger partial charge in [-0.15, -0.1) is 11.3 Å². The molecule has 7 nitrogen and oxygen atoms in total. The maximum atomic E-state index is 13.0. The highest BCUT2D eigenvalue weighted by Gasteiger charge is 2.36. The van der Waals surface area contributed by atoms with Gasteiger partial charge in [-0.1, -0.05) is 11.6 Å². The topological polar surface area (TPSA) is 88.6 Å². The summed E-state index contributed by atoms with van der Waals surface area (Å²) in [5.74, 6) is -0.707. The van der Waals surface area contributed by atoms with Gasteiger partial charge in [0.25, 0.3) is 15.9 Å². The molecule has 0 radical (unpaired) electrons. The molecule has 1 aliphatic heterocycles. The van der Waals surface area contributed by atoms with Crippen LogP contribution in [-0.2, 0) is 21.0 Å². The molecular formula is C20H17ClF3N3O4S2. The van der Waals surface area contributed by atoms with E-state index in [1.54, 1.807) is 5.38 Å². The van der Waals surface area contributed by atoms with E-state index in [9.17, 15) is 26.4 Å². The fourth-order valence-corrected chi connectivity index (χ4v) is 5.15. The first-order chi connectivity index (χ1) is 15.5. The third-order valence-corrected chi connectivity index (χ3v) is 7.28. The maximum absolute atomic E-state index is 13.0. The summed E-state index contributed by atoms with van der Waals surface area (Å²) >= 11 is 7.09. The molecule has 1 amide bonds. The summed E-state index contributed by atoms with van der Waals surface area (Å²) in [4.78, 5) is 18.0. The van der Waals surface area contributed by atoms with Crippen LogP contribution in [0.25, 0.3) is 0 Å². The predicted octanol–water partition coefficient (Wildman–Crippen LogP) is 5.05. The van der Waals surface area contributed by atoms with Crippen LogP contribution in [0.2, 0.25) is 5.02 Å². The number of carbonyl (C=O) groups excluding carboxylic acids is 1. The molecule has 1 atom stereocenters. The predicted molar refractivity (Wildman–Crippen MR) is 119 cm³/mol. The fourth-order valence-electron chi connectivity index (χ4n) is 3.20. The Hall–Kier alpha value is -2.83. The summed E-state index contributed by atoms with van der Waals surface area (Å²) in [5, 5.41) is 1.81. The second-order valence-electron chi connectivity index (χ2n) is 6.96. The van der Waals surface area contributed by atoms with Gasteiger partial charge >= 0.3 is 6.18 Å². The lowest BCUT2D eigenvalue weighted by molar-refractivity contribution is -0.137. The SMILES string of the molecule is O=C1C(Oc2cc(C(F)(F)F)ccc2Cl)CCN1c1ccc(S(=O)(=O)Nc2nccs2)cc1.[HH]. The number of hydrogen-bond acceptors (Lipinski definition) is 6. The summed E-state index contributed by atoms with van der Waals surface area (Å²) in [6.45, 7) is 0.240. The van der Waals surface area contributed by atoms with Crippen LogP contribution in [0.3, 0.4) is 0 Å². The summed E-state index contributed by atoms with van der Waals surface area (Å²) in [6.07, 6.45) is -3.92. The minimum absolute atomic E-state index is 0. The van der Waals surface area contributed by atoms with Gasteiger partial charge in [0.15, 0.2) is 11.2 Å². The number of amides is 1. The number of thiazole rings is 1. The second-order valence-corrected chi connectivity index (χ2v) is 9.95. The highest BCUT2D eigenvalue weighted by molar-refractivity contribution is 7.93. The van der Waals surface area contributed by atoms with Crippen LogP contribution in [0.4, 0.5) is 24.0 Å². The van der Waals surface area contributed by atoms with E-state index in [-0.39, 0.29) is 35.2 Å². The lowest BCUT2D eigenvalue weighted by Gasteiger charge is -2.18. The summed E-state index contributed by atoms with van der Waals surface area (Å²) in [7, 11) is -3.85. The largest absolute Gasteiger partial charge is 0.479 e. The molecule has 1 aliphatic rings. The molecule has 1 unspecified atom stereocenters. The zero-order chi connectivity index (χ0) is 23.8. The number of anilines is 2. The molecule has 13 heteroatoms. The molecular weight excluding hydrogens is 503 g/mol. The third-order valence-electron chi connectivity index (χ3n) is 4.80. The Morgan fingerprint density at radius 2 is 1.94 bits per heavy atom. The van der Waals surface area contributed by atoms with E-state index in [1.165, 1.54) is 35.4 Å². The van der Waals surface area contributed by atoms with Gasteiger partial charge in [0.1, 0.15) is 5.75 Å². The average Bonchev–Trinajstić information content (AvgIpc) is 3.38. The van der Waals surface area contributed by atoms with Crippen LogP contribution in [-0.4, -0.2) is 32.0 Å². The Kier molecular flexibility index (Phi) is 6.25. The van der Waals surface area contributed by atoms with Gasteiger partial charge in [0.2, 0.25) is 0 Å². The summed E-state index contributed by atoms with van der Waals surface area (Å²) < 4.78 is 71.7. The molecule has 33 heavy (non-hydrogen) atoms. The smallest absolute Gasteiger partial charge is 0.416 e. The van der Waals surface area contributed by atoms with Crippen molar-refractivity contribution in [2.45, 2.75) is 23.6 Å². The average molecular weight is 520 g/mol. The minimum atomic E-state index is -4.58. The lowest BCUT2D eigenvalue weighted by atomic mass is 10.2. The first-order valence-electron chi connectivity index (χ1n) is 9.42. The van der Waals surface area contributed by atoms with E-state index in [4.69, 9.17) is 16.3 Å². The van der Waals surface area contributed by atoms with E-state index < -0.39 is 33.8 Å². The number of hydrogen-bond donors (Lipinski definition) is 1. The second kappa shape index (κ2) is 8.84. The zero-order valence-corrected chi connectivity index (χ0v) is 18.9. The number of sulfonamides is 1. The van der Waals surface area contributed by atoms with E-state index in [0.29, 0.717) is 5.69 Å². The summed E-state index contributed by atoms with van der Waals surface area (Å²) in [5.41, 5.74) is -0.512. The number of carbonyl (C=O) groups is 1. The normalized spacial score (nSPS) is 16.8. The lowest BCUT2D eigenvalue weighted by Crippen LogP contribution is -2.32. The van der Waals surface area contributed by atoms with Crippen LogP contribution in [0.15, 0.2) is 58.9 Å². The molecule has 0 aliphatic carbocycles. The minimum Gasteiger partial charge on any atom is -0.479 e. The van der Waals surface area contributed by atoms with Crippen molar-refractivity contribution in [3.05, 3.63) is 64.6 Å². The van der Waals surface area contributed by atoms with Gasteiger partial charge < -0.3 is 9.64 Å². The molecule has 2 aromatic carbocycles. The van der Waals surface area contributed by atoms with Crippen LogP contribution in [0, 0.1) is 0 Å². The maximum Gasteiger partial charge on any atom is 0.416 e. The molecule has 1 N–H and O–H groups in total.